The third-order valence-electron chi connectivity index (χ3n) is 1.60. The maximum atomic E-state index is 10.4. The van der Waals surface area contributed by atoms with Gasteiger partial charge in [0.1, 0.15) is 0 Å². The number of aliphatic hydroxyl groups excluding tert-OH is 1. The summed E-state index contributed by atoms with van der Waals surface area (Å²) in [6, 6.07) is 0. The summed E-state index contributed by atoms with van der Waals surface area (Å²) in [5, 5.41) is 20.7. The lowest BCUT2D eigenvalue weighted by atomic mass is 10.3. The van der Waals surface area contributed by atoms with Crippen LogP contribution in [-0.4, -0.2) is 34.3 Å². The first-order chi connectivity index (χ1) is 6.63. The Kier molecular flexibility index (Phi) is 3.84. The smallest absolute Gasteiger partial charge is 0.309 e. The molecule has 0 amide bonds. The molecule has 14 heavy (non-hydrogen) atoms. The predicted molar refractivity (Wildman–Crippen MR) is 53.8 cm³/mol. The van der Waals surface area contributed by atoms with E-state index in [4.69, 9.17) is 10.2 Å². The lowest BCUT2D eigenvalue weighted by Gasteiger charge is -1.96. The monoisotopic (exact) mass is 216 g/mol. The number of carboxylic acids is 1. The highest BCUT2D eigenvalue weighted by Crippen LogP contribution is 2.21. The first kappa shape index (κ1) is 10.9. The fraction of sp³-hybridized carbons (Fsp3) is 0.500. The van der Waals surface area contributed by atoms with Crippen molar-refractivity contribution in [2.75, 3.05) is 18.5 Å². The van der Waals surface area contributed by atoms with Crippen LogP contribution in [0.1, 0.15) is 10.6 Å². The minimum absolute atomic E-state index is 0.0346. The van der Waals surface area contributed by atoms with Gasteiger partial charge in [-0.05, 0) is 6.92 Å². The Hall–Kier alpha value is -1.14. The number of aliphatic hydroxyl groups is 1. The maximum absolute atomic E-state index is 10.4. The van der Waals surface area contributed by atoms with Gasteiger partial charge in [-0.1, -0.05) is 0 Å². The molecule has 5 nitrogen and oxygen atoms in total. The number of aliphatic carboxylic acids is 1. The molecule has 0 unspecified atom stereocenters. The van der Waals surface area contributed by atoms with E-state index < -0.39 is 5.97 Å². The summed E-state index contributed by atoms with van der Waals surface area (Å²) < 4.78 is 0. The summed E-state index contributed by atoms with van der Waals surface area (Å²) in [6.45, 7) is 2.30. The van der Waals surface area contributed by atoms with Crippen molar-refractivity contribution in [1.29, 1.82) is 0 Å². The van der Waals surface area contributed by atoms with E-state index in [0.717, 1.165) is 4.88 Å². The molecule has 0 aliphatic carbocycles. The molecular weight excluding hydrogens is 204 g/mol. The summed E-state index contributed by atoms with van der Waals surface area (Å²) in [5.74, 6) is -0.882. The highest BCUT2D eigenvalue weighted by atomic mass is 32.1. The van der Waals surface area contributed by atoms with Gasteiger partial charge in [-0.3, -0.25) is 4.79 Å². The Balaban J connectivity index is 2.66. The van der Waals surface area contributed by atoms with E-state index in [9.17, 15) is 4.79 Å². The second kappa shape index (κ2) is 4.92. The summed E-state index contributed by atoms with van der Waals surface area (Å²) in [4.78, 5) is 15.4. The lowest BCUT2D eigenvalue weighted by molar-refractivity contribution is -0.136. The van der Waals surface area contributed by atoms with Crippen LogP contribution in [0.25, 0.3) is 0 Å². The topological polar surface area (TPSA) is 82.5 Å². The number of nitrogens with zero attached hydrogens (tertiary/aromatic N) is 1. The zero-order chi connectivity index (χ0) is 10.6. The molecule has 0 radical (unpaired) electrons. The number of rotatable bonds is 5. The first-order valence-corrected chi connectivity index (χ1v) is 4.98. The second-order valence-corrected chi connectivity index (χ2v) is 3.95. The van der Waals surface area contributed by atoms with E-state index in [0.29, 0.717) is 17.4 Å². The van der Waals surface area contributed by atoms with Crippen LogP contribution in [-0.2, 0) is 11.2 Å². The summed E-state index contributed by atoms with van der Waals surface area (Å²) in [7, 11) is 0. The Morgan fingerprint density at radius 3 is 2.93 bits per heavy atom. The Bertz CT molecular complexity index is 324. The highest BCUT2D eigenvalue weighted by Gasteiger charge is 2.10. The fourth-order valence-electron chi connectivity index (χ4n) is 0.974. The van der Waals surface area contributed by atoms with Crippen molar-refractivity contribution < 1.29 is 15.0 Å². The van der Waals surface area contributed by atoms with Crippen LogP contribution in [0.2, 0.25) is 0 Å². The number of aromatic nitrogens is 1. The molecule has 0 spiro atoms. The molecule has 0 saturated heterocycles. The molecule has 0 aliphatic heterocycles. The number of carboxylic acid groups (broad SMARTS) is 1. The Morgan fingerprint density at radius 2 is 2.36 bits per heavy atom. The van der Waals surface area contributed by atoms with Crippen molar-refractivity contribution in [2.24, 2.45) is 0 Å². The molecule has 1 aromatic rings. The van der Waals surface area contributed by atoms with Crippen LogP contribution in [0.15, 0.2) is 0 Å². The molecular formula is C8H12N2O3S. The first-order valence-electron chi connectivity index (χ1n) is 4.16. The van der Waals surface area contributed by atoms with Crippen molar-refractivity contribution in [2.45, 2.75) is 13.3 Å². The van der Waals surface area contributed by atoms with Gasteiger partial charge in [-0.25, -0.2) is 4.98 Å². The number of thiazole rings is 1. The standard InChI is InChI=1S/C8H12N2O3S/c1-5-6(4-7(12)13)10-8(14-5)9-2-3-11/h11H,2-4H2,1H3,(H,9,10)(H,12,13). The second-order valence-electron chi connectivity index (χ2n) is 2.74. The van der Waals surface area contributed by atoms with Gasteiger partial charge in [-0.15, -0.1) is 11.3 Å². The third-order valence-corrected chi connectivity index (χ3v) is 2.57. The van der Waals surface area contributed by atoms with Gasteiger partial charge in [0.2, 0.25) is 0 Å². The molecule has 78 valence electrons. The van der Waals surface area contributed by atoms with Gasteiger partial charge in [0, 0.05) is 11.4 Å². The van der Waals surface area contributed by atoms with E-state index in [1.54, 1.807) is 0 Å². The molecule has 3 N–H and O–H groups in total. The lowest BCUT2D eigenvalue weighted by Crippen LogP contribution is -2.06. The average molecular weight is 216 g/mol. The van der Waals surface area contributed by atoms with Crippen LogP contribution in [0, 0.1) is 6.92 Å². The van der Waals surface area contributed by atoms with Crippen molar-refractivity contribution in [3.8, 4) is 0 Å². The molecule has 0 aliphatic rings. The minimum Gasteiger partial charge on any atom is -0.481 e. The number of hydrogen-bond acceptors (Lipinski definition) is 5. The molecule has 0 aromatic carbocycles. The van der Waals surface area contributed by atoms with Crippen molar-refractivity contribution in [3.05, 3.63) is 10.6 Å². The zero-order valence-electron chi connectivity index (χ0n) is 7.78. The van der Waals surface area contributed by atoms with Gasteiger partial charge >= 0.3 is 5.97 Å². The summed E-state index contributed by atoms with van der Waals surface area (Å²) >= 11 is 1.40. The fourth-order valence-corrected chi connectivity index (χ4v) is 1.83. The number of carbonyl (C=O) groups is 1. The summed E-state index contributed by atoms with van der Waals surface area (Å²) in [5.41, 5.74) is 0.586. The molecule has 1 heterocycles. The molecule has 6 heteroatoms. The van der Waals surface area contributed by atoms with Gasteiger partial charge in [0.05, 0.1) is 18.7 Å². The van der Waals surface area contributed by atoms with Crippen molar-refractivity contribution in [3.63, 3.8) is 0 Å². The van der Waals surface area contributed by atoms with Crippen LogP contribution >= 0.6 is 11.3 Å². The van der Waals surface area contributed by atoms with Crippen LogP contribution in [0.4, 0.5) is 5.13 Å². The molecule has 0 saturated carbocycles. The molecule has 0 atom stereocenters. The van der Waals surface area contributed by atoms with E-state index in [-0.39, 0.29) is 13.0 Å². The van der Waals surface area contributed by atoms with Crippen LogP contribution in [0.5, 0.6) is 0 Å². The molecule has 1 aromatic heterocycles. The number of aryl methyl sites for hydroxylation is 1. The molecule has 0 fully saturated rings. The largest absolute Gasteiger partial charge is 0.481 e. The third kappa shape index (κ3) is 2.97. The summed E-state index contributed by atoms with van der Waals surface area (Å²) in [6.07, 6.45) is -0.0524. The molecule has 0 bridgehead atoms. The predicted octanol–water partition coefficient (Wildman–Crippen LogP) is 0.483. The quantitative estimate of drug-likeness (QED) is 0.667. The van der Waals surface area contributed by atoms with Crippen molar-refractivity contribution >= 4 is 22.4 Å². The van der Waals surface area contributed by atoms with E-state index in [1.807, 2.05) is 6.92 Å². The van der Waals surface area contributed by atoms with Gasteiger partial charge in [0.15, 0.2) is 5.13 Å². The maximum Gasteiger partial charge on any atom is 0.309 e. The normalized spacial score (nSPS) is 10.1. The SMILES string of the molecule is Cc1sc(NCCO)nc1CC(=O)O. The van der Waals surface area contributed by atoms with E-state index >= 15 is 0 Å². The Morgan fingerprint density at radius 1 is 1.64 bits per heavy atom. The van der Waals surface area contributed by atoms with E-state index in [2.05, 4.69) is 10.3 Å². The van der Waals surface area contributed by atoms with Gasteiger partial charge in [-0.2, -0.15) is 0 Å². The van der Waals surface area contributed by atoms with E-state index in [1.165, 1.54) is 11.3 Å². The molecule has 1 rings (SSSR count). The minimum atomic E-state index is -0.882. The van der Waals surface area contributed by atoms with Crippen molar-refractivity contribution in [1.82, 2.24) is 4.98 Å². The highest BCUT2D eigenvalue weighted by molar-refractivity contribution is 7.15. The zero-order valence-corrected chi connectivity index (χ0v) is 8.60. The Labute approximate surface area is 85.4 Å². The van der Waals surface area contributed by atoms with Crippen LogP contribution in [0.3, 0.4) is 0 Å². The number of anilines is 1. The number of hydrogen-bond donors (Lipinski definition) is 3. The van der Waals surface area contributed by atoms with Crippen LogP contribution < -0.4 is 5.32 Å². The van der Waals surface area contributed by atoms with Gasteiger partial charge < -0.3 is 15.5 Å². The number of nitrogens with one attached hydrogen (secondary N) is 1. The average Bonchev–Trinajstić information content (AvgIpc) is 2.43. The van der Waals surface area contributed by atoms with Gasteiger partial charge in [0.25, 0.3) is 0 Å².